The van der Waals surface area contributed by atoms with Gasteiger partial charge >= 0.3 is 5.97 Å². The number of sulfonamides is 1. The van der Waals surface area contributed by atoms with Crippen LogP contribution in [-0.4, -0.2) is 50.1 Å². The van der Waals surface area contributed by atoms with Gasteiger partial charge in [-0.2, -0.15) is 4.31 Å². The highest BCUT2D eigenvalue weighted by Crippen LogP contribution is 2.39. The summed E-state index contributed by atoms with van der Waals surface area (Å²) in [7, 11) is -2.39. The lowest BCUT2D eigenvalue weighted by Crippen LogP contribution is -2.53. The minimum Gasteiger partial charge on any atom is -0.467 e. The predicted octanol–water partition coefficient (Wildman–Crippen LogP) is 2.71. The Bertz CT molecular complexity index is 973. The van der Waals surface area contributed by atoms with Gasteiger partial charge in [-0.1, -0.05) is 30.3 Å². The first-order valence-corrected chi connectivity index (χ1v) is 10.6. The minimum atomic E-state index is -3.71. The number of benzene rings is 2. The number of fused-ring (bicyclic) bond motifs is 2. The quantitative estimate of drug-likeness (QED) is 0.755. The SMILES string of the molecule is COC(=O)[C@@H]1C[C@@H]2[C@@H](CC[C@@H](C)N2S(=O)(=O)c2ccc3ccccc3c2)O1. The van der Waals surface area contributed by atoms with E-state index in [1.54, 1.807) is 16.4 Å². The first-order valence-electron chi connectivity index (χ1n) is 9.17. The van der Waals surface area contributed by atoms with Crippen LogP contribution in [0.2, 0.25) is 0 Å². The van der Waals surface area contributed by atoms with E-state index in [0.29, 0.717) is 12.8 Å². The standard InChI is InChI=1S/C20H23NO5S/c1-13-7-10-18-17(12-19(26-18)20(22)25-2)21(13)27(23,24)16-9-8-14-5-3-4-6-15(14)11-16/h3-6,8-9,11,13,17-19H,7,10,12H2,1-2H3/t13-,17-,18-,19+/m1/s1. The Morgan fingerprint density at radius 2 is 1.89 bits per heavy atom. The number of hydrogen-bond donors (Lipinski definition) is 0. The van der Waals surface area contributed by atoms with Crippen LogP contribution in [0.15, 0.2) is 47.4 Å². The van der Waals surface area contributed by atoms with Crippen LogP contribution in [0.4, 0.5) is 0 Å². The number of carbonyl (C=O) groups excluding carboxylic acids is 1. The van der Waals surface area contributed by atoms with Crippen molar-refractivity contribution in [1.29, 1.82) is 0 Å². The molecule has 2 aromatic rings. The number of esters is 1. The van der Waals surface area contributed by atoms with E-state index in [9.17, 15) is 13.2 Å². The van der Waals surface area contributed by atoms with E-state index >= 15 is 0 Å². The molecule has 27 heavy (non-hydrogen) atoms. The summed E-state index contributed by atoms with van der Waals surface area (Å²) in [5, 5.41) is 1.88. The van der Waals surface area contributed by atoms with E-state index < -0.39 is 22.1 Å². The normalized spacial score (nSPS) is 28.8. The number of carbonyl (C=O) groups is 1. The third-order valence-corrected chi connectivity index (χ3v) is 7.65. The maximum atomic E-state index is 13.5. The molecule has 0 radical (unpaired) electrons. The molecule has 2 heterocycles. The molecule has 2 aliphatic heterocycles. The number of hydrogen-bond acceptors (Lipinski definition) is 5. The van der Waals surface area contributed by atoms with Crippen LogP contribution in [0.1, 0.15) is 26.2 Å². The van der Waals surface area contributed by atoms with Gasteiger partial charge in [0.25, 0.3) is 0 Å². The molecule has 4 rings (SSSR count). The second-order valence-corrected chi connectivity index (χ2v) is 9.10. The topological polar surface area (TPSA) is 72.9 Å². The van der Waals surface area contributed by atoms with Gasteiger partial charge in [0.05, 0.1) is 24.2 Å². The second kappa shape index (κ2) is 6.89. The third kappa shape index (κ3) is 3.13. The van der Waals surface area contributed by atoms with Gasteiger partial charge in [-0.25, -0.2) is 13.2 Å². The number of rotatable bonds is 3. The molecule has 0 N–H and O–H groups in total. The number of methoxy groups -OCH3 is 1. The van der Waals surface area contributed by atoms with Crippen LogP contribution in [0.25, 0.3) is 10.8 Å². The molecule has 0 aliphatic carbocycles. The van der Waals surface area contributed by atoms with Gasteiger partial charge in [0.15, 0.2) is 6.10 Å². The Labute approximate surface area is 159 Å². The summed E-state index contributed by atoms with van der Waals surface area (Å²) in [6, 6.07) is 12.4. The lowest BCUT2D eigenvalue weighted by atomic mass is 9.95. The van der Waals surface area contributed by atoms with Crippen molar-refractivity contribution in [3.63, 3.8) is 0 Å². The number of piperidine rings is 1. The smallest absolute Gasteiger partial charge is 0.335 e. The maximum Gasteiger partial charge on any atom is 0.335 e. The van der Waals surface area contributed by atoms with E-state index in [1.165, 1.54) is 7.11 Å². The van der Waals surface area contributed by atoms with Crippen molar-refractivity contribution >= 4 is 26.8 Å². The summed E-state index contributed by atoms with van der Waals surface area (Å²) in [6.07, 6.45) is 0.782. The average molecular weight is 389 g/mol. The lowest BCUT2D eigenvalue weighted by molar-refractivity contribution is -0.153. The highest BCUT2D eigenvalue weighted by Gasteiger charge is 2.50. The Morgan fingerprint density at radius 3 is 2.63 bits per heavy atom. The van der Waals surface area contributed by atoms with E-state index in [2.05, 4.69) is 0 Å². The zero-order chi connectivity index (χ0) is 19.2. The molecule has 0 amide bonds. The zero-order valence-corrected chi connectivity index (χ0v) is 16.2. The van der Waals surface area contributed by atoms with Crippen molar-refractivity contribution in [2.45, 2.75) is 55.4 Å². The van der Waals surface area contributed by atoms with Crippen LogP contribution >= 0.6 is 0 Å². The molecule has 0 aromatic heterocycles. The summed E-state index contributed by atoms with van der Waals surface area (Å²) in [4.78, 5) is 12.2. The van der Waals surface area contributed by atoms with Gasteiger partial charge in [-0.3, -0.25) is 0 Å². The first kappa shape index (κ1) is 18.4. The molecule has 2 aromatic carbocycles. The molecule has 2 aliphatic rings. The van der Waals surface area contributed by atoms with Crippen molar-refractivity contribution in [3.05, 3.63) is 42.5 Å². The molecule has 0 unspecified atom stereocenters. The molecular weight excluding hydrogens is 366 g/mol. The summed E-state index contributed by atoms with van der Waals surface area (Å²) < 4.78 is 39.1. The molecular formula is C20H23NO5S. The fraction of sp³-hybridized carbons (Fsp3) is 0.450. The average Bonchev–Trinajstić information content (AvgIpc) is 3.10. The van der Waals surface area contributed by atoms with E-state index in [-0.39, 0.29) is 23.1 Å². The highest BCUT2D eigenvalue weighted by atomic mass is 32.2. The largest absolute Gasteiger partial charge is 0.467 e. The second-order valence-electron chi connectivity index (χ2n) is 7.26. The minimum absolute atomic E-state index is 0.150. The van der Waals surface area contributed by atoms with E-state index in [4.69, 9.17) is 9.47 Å². The Kier molecular flexibility index (Phi) is 4.70. The molecule has 0 bridgehead atoms. The molecule has 0 spiro atoms. The van der Waals surface area contributed by atoms with Crippen molar-refractivity contribution in [1.82, 2.24) is 4.31 Å². The third-order valence-electron chi connectivity index (χ3n) is 5.61. The Hall–Kier alpha value is -1.96. The summed E-state index contributed by atoms with van der Waals surface area (Å²) in [6.45, 7) is 1.92. The molecule has 4 atom stereocenters. The molecule has 2 fully saturated rings. The lowest BCUT2D eigenvalue weighted by Gasteiger charge is -2.40. The molecule has 6 nitrogen and oxygen atoms in total. The molecule has 0 saturated carbocycles. The first-order chi connectivity index (χ1) is 12.9. The van der Waals surface area contributed by atoms with Crippen LogP contribution in [0, 0.1) is 0 Å². The molecule has 7 heteroatoms. The van der Waals surface area contributed by atoms with Gasteiger partial charge in [-0.05, 0) is 42.7 Å². The van der Waals surface area contributed by atoms with Gasteiger partial charge in [0.2, 0.25) is 10.0 Å². The van der Waals surface area contributed by atoms with Crippen LogP contribution in [0.5, 0.6) is 0 Å². The Balaban J connectivity index is 1.71. The Morgan fingerprint density at radius 1 is 1.15 bits per heavy atom. The maximum absolute atomic E-state index is 13.5. The van der Waals surface area contributed by atoms with Crippen LogP contribution < -0.4 is 0 Å². The fourth-order valence-corrected chi connectivity index (χ4v) is 6.18. The summed E-state index contributed by atoms with van der Waals surface area (Å²) in [5.74, 6) is -0.444. The van der Waals surface area contributed by atoms with Gasteiger partial charge in [0, 0.05) is 12.5 Å². The highest BCUT2D eigenvalue weighted by molar-refractivity contribution is 7.89. The number of nitrogens with zero attached hydrogens (tertiary/aromatic N) is 1. The van der Waals surface area contributed by atoms with Crippen molar-refractivity contribution in [2.24, 2.45) is 0 Å². The van der Waals surface area contributed by atoms with Crippen LogP contribution in [0.3, 0.4) is 0 Å². The van der Waals surface area contributed by atoms with Crippen molar-refractivity contribution in [2.75, 3.05) is 7.11 Å². The van der Waals surface area contributed by atoms with E-state index in [1.807, 2.05) is 37.3 Å². The summed E-state index contributed by atoms with van der Waals surface area (Å²) in [5.41, 5.74) is 0. The summed E-state index contributed by atoms with van der Waals surface area (Å²) >= 11 is 0. The fourth-order valence-electron chi connectivity index (χ4n) is 4.26. The van der Waals surface area contributed by atoms with E-state index in [0.717, 1.165) is 17.2 Å². The van der Waals surface area contributed by atoms with Gasteiger partial charge in [-0.15, -0.1) is 0 Å². The van der Waals surface area contributed by atoms with Crippen molar-refractivity contribution in [3.8, 4) is 0 Å². The molecule has 144 valence electrons. The predicted molar refractivity (Wildman–Crippen MR) is 101 cm³/mol. The van der Waals surface area contributed by atoms with Crippen LogP contribution in [-0.2, 0) is 24.3 Å². The van der Waals surface area contributed by atoms with Gasteiger partial charge in [0.1, 0.15) is 0 Å². The molecule has 2 saturated heterocycles. The monoisotopic (exact) mass is 389 g/mol. The van der Waals surface area contributed by atoms with Gasteiger partial charge < -0.3 is 9.47 Å². The number of ether oxygens (including phenoxy) is 2. The zero-order valence-electron chi connectivity index (χ0n) is 15.4. The van der Waals surface area contributed by atoms with Crippen molar-refractivity contribution < 1.29 is 22.7 Å².